The topological polar surface area (TPSA) is 66.9 Å². The highest BCUT2D eigenvalue weighted by Crippen LogP contribution is 2.19. The molecule has 0 fully saturated rings. The summed E-state index contributed by atoms with van der Waals surface area (Å²) in [6, 6.07) is 24.6. The molecule has 33 heavy (non-hydrogen) atoms. The number of aromatic amines is 1. The van der Waals surface area contributed by atoms with Crippen LogP contribution in [0.3, 0.4) is 0 Å². The number of para-hydroxylation sites is 1. The number of H-pyrrole nitrogens is 1. The molecular formula is C26H18FN3O2S. The van der Waals surface area contributed by atoms with Gasteiger partial charge in [0.25, 0.3) is 11.5 Å². The number of halogens is 1. The normalized spacial score (nSPS) is 11.1. The fourth-order valence-electron chi connectivity index (χ4n) is 3.94. The lowest BCUT2D eigenvalue weighted by Crippen LogP contribution is -2.24. The van der Waals surface area contributed by atoms with Gasteiger partial charge in [-0.25, -0.2) is 8.96 Å². The van der Waals surface area contributed by atoms with Crippen molar-refractivity contribution < 1.29 is 9.18 Å². The van der Waals surface area contributed by atoms with E-state index >= 15 is 0 Å². The van der Waals surface area contributed by atoms with Gasteiger partial charge in [-0.2, -0.15) is 0 Å². The van der Waals surface area contributed by atoms with E-state index in [0.29, 0.717) is 23.0 Å². The van der Waals surface area contributed by atoms with E-state index in [2.05, 4.69) is 10.3 Å². The molecule has 5 nitrogen and oxygen atoms in total. The summed E-state index contributed by atoms with van der Waals surface area (Å²) in [7, 11) is 0. The molecule has 5 aromatic rings. The molecule has 1 amide bonds. The lowest BCUT2D eigenvalue weighted by Gasteiger charge is -2.11. The second-order valence-electron chi connectivity index (χ2n) is 7.60. The third kappa shape index (κ3) is 3.83. The average Bonchev–Trinajstić information content (AvgIpc) is 2.83. The maximum Gasteiger partial charge on any atom is 0.266 e. The Bertz CT molecular complexity index is 1650. The van der Waals surface area contributed by atoms with E-state index in [0.717, 1.165) is 20.9 Å². The molecule has 0 unspecified atom stereocenters. The molecule has 1 aromatic heterocycles. The van der Waals surface area contributed by atoms with Gasteiger partial charge in [0.05, 0.1) is 16.6 Å². The highest BCUT2D eigenvalue weighted by Gasteiger charge is 2.13. The van der Waals surface area contributed by atoms with Crippen molar-refractivity contribution in [2.45, 2.75) is 6.54 Å². The lowest BCUT2D eigenvalue weighted by molar-refractivity contribution is 0.0951. The number of nitrogens with zero attached hydrogens (tertiary/aromatic N) is 1. The van der Waals surface area contributed by atoms with Crippen LogP contribution >= 0.6 is 12.2 Å². The SMILES string of the molecule is O=C(NCc1cccc2ccccc12)c1ccc2c(=O)n(-c3ccccc3F)c(=S)[nH]c2c1. The molecule has 1 heterocycles. The van der Waals surface area contributed by atoms with Crippen LogP contribution in [0.1, 0.15) is 15.9 Å². The van der Waals surface area contributed by atoms with E-state index < -0.39 is 11.4 Å². The van der Waals surface area contributed by atoms with Crippen LogP contribution in [0.2, 0.25) is 0 Å². The van der Waals surface area contributed by atoms with Gasteiger partial charge in [-0.3, -0.25) is 9.59 Å². The third-order valence-electron chi connectivity index (χ3n) is 5.57. The summed E-state index contributed by atoms with van der Waals surface area (Å²) in [5.74, 6) is -0.828. The second kappa shape index (κ2) is 8.44. The van der Waals surface area contributed by atoms with Crippen LogP contribution < -0.4 is 10.9 Å². The molecule has 0 radical (unpaired) electrons. The summed E-state index contributed by atoms with van der Waals surface area (Å²) in [5, 5.41) is 5.42. The first-order valence-electron chi connectivity index (χ1n) is 10.3. The molecule has 0 aliphatic carbocycles. The quantitative estimate of drug-likeness (QED) is 0.363. The van der Waals surface area contributed by atoms with Gasteiger partial charge in [0.1, 0.15) is 5.82 Å². The van der Waals surface area contributed by atoms with Gasteiger partial charge < -0.3 is 10.3 Å². The molecule has 0 spiro atoms. The molecule has 162 valence electrons. The van der Waals surface area contributed by atoms with E-state index in [1.165, 1.54) is 12.1 Å². The third-order valence-corrected chi connectivity index (χ3v) is 5.86. The number of amides is 1. The van der Waals surface area contributed by atoms with Crippen molar-refractivity contribution in [3.63, 3.8) is 0 Å². The minimum absolute atomic E-state index is 0.0471. The zero-order valence-corrected chi connectivity index (χ0v) is 18.2. The van der Waals surface area contributed by atoms with E-state index in [4.69, 9.17) is 12.2 Å². The minimum Gasteiger partial charge on any atom is -0.348 e. The van der Waals surface area contributed by atoms with Gasteiger partial charge in [-0.05, 0) is 58.9 Å². The predicted molar refractivity (Wildman–Crippen MR) is 130 cm³/mol. The Labute approximate surface area is 193 Å². The largest absolute Gasteiger partial charge is 0.348 e. The van der Waals surface area contributed by atoms with Gasteiger partial charge in [-0.15, -0.1) is 0 Å². The molecular weight excluding hydrogens is 437 g/mol. The summed E-state index contributed by atoms with van der Waals surface area (Å²) < 4.78 is 15.4. The van der Waals surface area contributed by atoms with Gasteiger partial charge in [0.2, 0.25) is 0 Å². The summed E-state index contributed by atoms with van der Waals surface area (Å²) in [6.45, 7) is 0.364. The maximum atomic E-state index is 14.3. The van der Waals surface area contributed by atoms with Crippen molar-refractivity contribution in [1.29, 1.82) is 0 Å². The Morgan fingerprint density at radius 3 is 2.55 bits per heavy atom. The maximum absolute atomic E-state index is 14.3. The summed E-state index contributed by atoms with van der Waals surface area (Å²) in [6.07, 6.45) is 0. The number of rotatable bonds is 4. The number of carbonyl (C=O) groups is 1. The van der Waals surface area contributed by atoms with Crippen molar-refractivity contribution in [3.05, 3.63) is 117 Å². The number of fused-ring (bicyclic) bond motifs is 2. The van der Waals surface area contributed by atoms with Crippen LogP contribution in [0.25, 0.3) is 27.4 Å². The monoisotopic (exact) mass is 455 g/mol. The number of benzene rings is 4. The average molecular weight is 456 g/mol. The molecule has 5 rings (SSSR count). The molecule has 7 heteroatoms. The minimum atomic E-state index is -0.553. The zero-order valence-electron chi connectivity index (χ0n) is 17.3. The first kappa shape index (κ1) is 20.8. The zero-order chi connectivity index (χ0) is 22.9. The van der Waals surface area contributed by atoms with E-state index in [-0.39, 0.29) is 16.4 Å². The first-order valence-corrected chi connectivity index (χ1v) is 10.7. The van der Waals surface area contributed by atoms with Gasteiger partial charge in [-0.1, -0.05) is 54.6 Å². The lowest BCUT2D eigenvalue weighted by atomic mass is 10.0. The molecule has 4 aromatic carbocycles. The molecule has 0 aliphatic heterocycles. The summed E-state index contributed by atoms with van der Waals surface area (Å²) >= 11 is 5.32. The standard InChI is InChI=1S/C26H18FN3O2S/c27-21-10-3-4-11-23(21)30-25(32)20-13-12-17(14-22(20)29-26(30)33)24(31)28-15-18-8-5-7-16-6-1-2-9-19(16)18/h1-14H,15H2,(H,28,31)(H,29,33). The number of carbonyl (C=O) groups excluding carboxylic acids is 1. The van der Waals surface area contributed by atoms with Crippen molar-refractivity contribution >= 4 is 39.8 Å². The fourth-order valence-corrected chi connectivity index (χ4v) is 4.23. The van der Waals surface area contributed by atoms with E-state index in [1.807, 2.05) is 42.5 Å². The van der Waals surface area contributed by atoms with Crippen molar-refractivity contribution in [2.75, 3.05) is 0 Å². The van der Waals surface area contributed by atoms with Crippen molar-refractivity contribution in [1.82, 2.24) is 14.9 Å². The van der Waals surface area contributed by atoms with E-state index in [1.54, 1.807) is 30.3 Å². The molecule has 0 saturated carbocycles. The van der Waals surface area contributed by atoms with Crippen LogP contribution in [-0.2, 0) is 6.54 Å². The molecule has 0 atom stereocenters. The fraction of sp³-hybridized carbons (Fsp3) is 0.0385. The van der Waals surface area contributed by atoms with Crippen molar-refractivity contribution in [2.24, 2.45) is 0 Å². The van der Waals surface area contributed by atoms with E-state index in [9.17, 15) is 14.0 Å². The van der Waals surface area contributed by atoms with Gasteiger partial charge in [0, 0.05) is 12.1 Å². The second-order valence-corrected chi connectivity index (χ2v) is 7.99. The first-order chi connectivity index (χ1) is 16.0. The highest BCUT2D eigenvalue weighted by atomic mass is 32.1. The number of aromatic nitrogens is 2. The van der Waals surface area contributed by atoms with Crippen molar-refractivity contribution in [3.8, 4) is 5.69 Å². The summed E-state index contributed by atoms with van der Waals surface area (Å²) in [4.78, 5) is 28.8. The number of nitrogens with one attached hydrogen (secondary N) is 2. The number of hydrogen-bond donors (Lipinski definition) is 2. The Morgan fingerprint density at radius 1 is 0.939 bits per heavy atom. The predicted octanol–water partition coefficient (Wildman–Crippen LogP) is 5.27. The van der Waals surface area contributed by atoms with Crippen LogP contribution in [0.15, 0.2) is 89.7 Å². The Morgan fingerprint density at radius 2 is 1.70 bits per heavy atom. The Balaban J connectivity index is 1.46. The Kier molecular flexibility index (Phi) is 5.32. The molecule has 0 aliphatic rings. The van der Waals surface area contributed by atoms with Crippen LogP contribution in [-0.4, -0.2) is 15.5 Å². The Hall–Kier alpha value is -4.10. The molecule has 2 N–H and O–H groups in total. The highest BCUT2D eigenvalue weighted by molar-refractivity contribution is 7.71. The summed E-state index contributed by atoms with van der Waals surface area (Å²) in [5.41, 5.74) is 1.42. The van der Waals surface area contributed by atoms with Gasteiger partial charge in [0.15, 0.2) is 4.77 Å². The number of hydrogen-bond acceptors (Lipinski definition) is 3. The van der Waals surface area contributed by atoms with Gasteiger partial charge >= 0.3 is 0 Å². The molecule has 0 bridgehead atoms. The molecule has 0 saturated heterocycles. The van der Waals surface area contributed by atoms with Crippen LogP contribution in [0.5, 0.6) is 0 Å². The smallest absolute Gasteiger partial charge is 0.266 e. The van der Waals surface area contributed by atoms with Crippen LogP contribution in [0, 0.1) is 10.6 Å². The van der Waals surface area contributed by atoms with Crippen LogP contribution in [0.4, 0.5) is 4.39 Å².